The first-order chi connectivity index (χ1) is 8.22. The number of anilines is 1. The maximum atomic E-state index is 5.78. The second-order valence-corrected chi connectivity index (χ2v) is 4.38. The summed E-state index contributed by atoms with van der Waals surface area (Å²) in [6.07, 6.45) is 0.0820. The van der Waals surface area contributed by atoms with Gasteiger partial charge in [0.2, 0.25) is 0 Å². The Kier molecular flexibility index (Phi) is 3.86. The van der Waals surface area contributed by atoms with Crippen LogP contribution in [0.5, 0.6) is 5.75 Å². The molecule has 1 N–H and O–H groups in total. The van der Waals surface area contributed by atoms with Crippen LogP contribution in [0.2, 0.25) is 0 Å². The molecule has 1 aromatic rings. The van der Waals surface area contributed by atoms with Gasteiger partial charge in [-0.3, -0.25) is 0 Å². The molecule has 0 aliphatic carbocycles. The smallest absolute Gasteiger partial charge is 0.124 e. The number of nitrogens with zero attached hydrogens (tertiary/aromatic N) is 1. The third-order valence-corrected chi connectivity index (χ3v) is 3.00. The van der Waals surface area contributed by atoms with Crippen molar-refractivity contribution in [2.75, 3.05) is 45.8 Å². The third kappa shape index (κ3) is 2.70. The molecule has 0 radical (unpaired) electrons. The van der Waals surface area contributed by atoms with Crippen LogP contribution >= 0.6 is 0 Å². The zero-order chi connectivity index (χ0) is 12.3. The third-order valence-electron chi connectivity index (χ3n) is 3.00. The molecule has 0 aromatic heterocycles. The van der Waals surface area contributed by atoms with Crippen LogP contribution in [0.25, 0.3) is 0 Å². The van der Waals surface area contributed by atoms with Crippen molar-refractivity contribution in [1.29, 1.82) is 0 Å². The normalized spacial score (nSPS) is 20.1. The average molecular weight is 236 g/mol. The van der Waals surface area contributed by atoms with Gasteiger partial charge in [-0.25, -0.2) is 0 Å². The molecule has 1 heterocycles. The summed E-state index contributed by atoms with van der Waals surface area (Å²) >= 11 is 0. The molecule has 1 unspecified atom stereocenters. The molecule has 94 valence electrons. The van der Waals surface area contributed by atoms with Crippen LogP contribution in [0.15, 0.2) is 18.2 Å². The molecule has 0 spiro atoms. The summed E-state index contributed by atoms with van der Waals surface area (Å²) in [5.41, 5.74) is 2.28. The summed E-state index contributed by atoms with van der Waals surface area (Å²) in [4.78, 5) is 2.08. The Morgan fingerprint density at radius 3 is 2.82 bits per heavy atom. The van der Waals surface area contributed by atoms with E-state index in [9.17, 15) is 0 Å². The Morgan fingerprint density at radius 1 is 1.41 bits per heavy atom. The summed E-state index contributed by atoms with van der Waals surface area (Å²) in [7, 11) is 5.77. The van der Waals surface area contributed by atoms with E-state index in [2.05, 4.69) is 22.3 Å². The molecule has 17 heavy (non-hydrogen) atoms. The van der Waals surface area contributed by atoms with E-state index in [0.29, 0.717) is 0 Å². The average Bonchev–Trinajstić information content (AvgIpc) is 2.39. The molecular weight excluding hydrogens is 216 g/mol. The minimum absolute atomic E-state index is 0.0820. The van der Waals surface area contributed by atoms with Crippen LogP contribution in [0.1, 0.15) is 11.7 Å². The summed E-state index contributed by atoms with van der Waals surface area (Å²) in [5, 5.41) is 3.34. The van der Waals surface area contributed by atoms with E-state index in [-0.39, 0.29) is 6.10 Å². The molecule has 0 amide bonds. The van der Waals surface area contributed by atoms with Crippen molar-refractivity contribution >= 4 is 5.69 Å². The van der Waals surface area contributed by atoms with Crippen LogP contribution < -0.4 is 15.0 Å². The molecule has 1 aromatic carbocycles. The van der Waals surface area contributed by atoms with Gasteiger partial charge >= 0.3 is 0 Å². The van der Waals surface area contributed by atoms with Crippen LogP contribution in [0.4, 0.5) is 5.69 Å². The van der Waals surface area contributed by atoms with Gasteiger partial charge in [-0.1, -0.05) is 0 Å². The van der Waals surface area contributed by atoms with E-state index >= 15 is 0 Å². The topological polar surface area (TPSA) is 33.7 Å². The second kappa shape index (κ2) is 5.38. The predicted molar refractivity (Wildman–Crippen MR) is 68.9 cm³/mol. The van der Waals surface area contributed by atoms with E-state index < -0.39 is 0 Å². The monoisotopic (exact) mass is 236 g/mol. The first kappa shape index (κ1) is 12.2. The molecule has 4 nitrogen and oxygen atoms in total. The van der Waals surface area contributed by atoms with E-state index in [0.717, 1.165) is 36.7 Å². The Labute approximate surface area is 103 Å². The van der Waals surface area contributed by atoms with Crippen molar-refractivity contribution in [2.45, 2.75) is 6.10 Å². The standard InChI is InChI=1S/C13H20N2O2/c1-15(2)10-4-5-12(16-3)11(8-10)13-9-14-6-7-17-13/h4-5,8,13-14H,6-7,9H2,1-3H3. The number of hydrogen-bond acceptors (Lipinski definition) is 4. The lowest BCUT2D eigenvalue weighted by Gasteiger charge is -2.26. The van der Waals surface area contributed by atoms with Gasteiger partial charge in [0.05, 0.1) is 19.8 Å². The van der Waals surface area contributed by atoms with Gasteiger partial charge in [0, 0.05) is 38.4 Å². The van der Waals surface area contributed by atoms with Crippen molar-refractivity contribution in [3.63, 3.8) is 0 Å². The summed E-state index contributed by atoms with van der Waals surface area (Å²) in [6, 6.07) is 6.19. The minimum atomic E-state index is 0.0820. The van der Waals surface area contributed by atoms with Crippen molar-refractivity contribution in [1.82, 2.24) is 5.32 Å². The highest BCUT2D eigenvalue weighted by Gasteiger charge is 2.20. The fraction of sp³-hybridized carbons (Fsp3) is 0.538. The molecule has 2 rings (SSSR count). The Bertz CT molecular complexity index is 374. The Morgan fingerprint density at radius 2 is 2.24 bits per heavy atom. The first-order valence-electron chi connectivity index (χ1n) is 5.90. The van der Waals surface area contributed by atoms with Crippen LogP contribution in [0.3, 0.4) is 0 Å². The quantitative estimate of drug-likeness (QED) is 0.860. The molecule has 1 fully saturated rings. The van der Waals surface area contributed by atoms with Crippen molar-refractivity contribution < 1.29 is 9.47 Å². The van der Waals surface area contributed by atoms with Gasteiger partial charge in [0.1, 0.15) is 5.75 Å². The van der Waals surface area contributed by atoms with Crippen LogP contribution in [0, 0.1) is 0 Å². The lowest BCUT2D eigenvalue weighted by molar-refractivity contribution is 0.0263. The lowest BCUT2D eigenvalue weighted by Crippen LogP contribution is -2.33. The molecule has 1 saturated heterocycles. The molecule has 4 heteroatoms. The van der Waals surface area contributed by atoms with Gasteiger partial charge in [0.15, 0.2) is 0 Å². The highest BCUT2D eigenvalue weighted by molar-refractivity contribution is 5.53. The highest BCUT2D eigenvalue weighted by Crippen LogP contribution is 2.31. The Hall–Kier alpha value is -1.26. The lowest BCUT2D eigenvalue weighted by atomic mass is 10.1. The van der Waals surface area contributed by atoms with Gasteiger partial charge in [-0.2, -0.15) is 0 Å². The van der Waals surface area contributed by atoms with Crippen molar-refractivity contribution in [2.24, 2.45) is 0 Å². The fourth-order valence-corrected chi connectivity index (χ4v) is 2.02. The fourth-order valence-electron chi connectivity index (χ4n) is 2.02. The number of ether oxygens (including phenoxy) is 2. The summed E-state index contributed by atoms with van der Waals surface area (Å²) in [6.45, 7) is 2.51. The largest absolute Gasteiger partial charge is 0.496 e. The maximum absolute atomic E-state index is 5.78. The Balaban J connectivity index is 2.30. The second-order valence-electron chi connectivity index (χ2n) is 4.38. The van der Waals surface area contributed by atoms with Gasteiger partial charge in [0.25, 0.3) is 0 Å². The van der Waals surface area contributed by atoms with E-state index in [1.807, 2.05) is 20.2 Å². The highest BCUT2D eigenvalue weighted by atomic mass is 16.5. The zero-order valence-corrected chi connectivity index (χ0v) is 10.7. The predicted octanol–water partition coefficient (Wildman–Crippen LogP) is 1.42. The molecule has 1 aliphatic heterocycles. The number of benzene rings is 1. The van der Waals surface area contributed by atoms with E-state index in [1.165, 1.54) is 0 Å². The number of morpholine rings is 1. The van der Waals surface area contributed by atoms with Gasteiger partial charge in [-0.05, 0) is 18.2 Å². The number of rotatable bonds is 3. The van der Waals surface area contributed by atoms with Gasteiger partial charge < -0.3 is 19.7 Å². The van der Waals surface area contributed by atoms with Crippen molar-refractivity contribution in [3.05, 3.63) is 23.8 Å². The van der Waals surface area contributed by atoms with E-state index in [4.69, 9.17) is 9.47 Å². The number of methoxy groups -OCH3 is 1. The van der Waals surface area contributed by atoms with Gasteiger partial charge in [-0.15, -0.1) is 0 Å². The minimum Gasteiger partial charge on any atom is -0.496 e. The molecule has 0 bridgehead atoms. The summed E-state index contributed by atoms with van der Waals surface area (Å²) < 4.78 is 11.2. The number of nitrogens with one attached hydrogen (secondary N) is 1. The number of hydrogen-bond donors (Lipinski definition) is 1. The van der Waals surface area contributed by atoms with Crippen LogP contribution in [-0.2, 0) is 4.74 Å². The zero-order valence-electron chi connectivity index (χ0n) is 10.7. The SMILES string of the molecule is COc1ccc(N(C)C)cc1C1CNCCO1. The summed E-state index contributed by atoms with van der Waals surface area (Å²) in [5.74, 6) is 0.893. The van der Waals surface area contributed by atoms with E-state index in [1.54, 1.807) is 7.11 Å². The first-order valence-corrected chi connectivity index (χ1v) is 5.90. The maximum Gasteiger partial charge on any atom is 0.124 e. The van der Waals surface area contributed by atoms with Crippen molar-refractivity contribution in [3.8, 4) is 5.75 Å². The molecule has 0 saturated carbocycles. The molecular formula is C13H20N2O2. The molecule has 1 aliphatic rings. The van der Waals surface area contributed by atoms with Crippen LogP contribution in [-0.4, -0.2) is 40.9 Å². The molecule has 1 atom stereocenters.